The molecule has 0 bridgehead atoms. The van der Waals surface area contributed by atoms with Gasteiger partial charge < -0.3 is 20.3 Å². The molecule has 2 aliphatic heterocycles. The van der Waals surface area contributed by atoms with E-state index in [0.29, 0.717) is 44.1 Å². The third-order valence-corrected chi connectivity index (χ3v) is 6.08. The summed E-state index contributed by atoms with van der Waals surface area (Å²) in [5, 5.41) is 1.96. The van der Waals surface area contributed by atoms with Crippen molar-refractivity contribution < 1.29 is 18.7 Å². The molecule has 2 saturated heterocycles. The maximum Gasteiger partial charge on any atom is 0.414 e. The molecule has 2 amide bonds. The summed E-state index contributed by atoms with van der Waals surface area (Å²) < 4.78 is 19.9. The number of halogens is 1. The Morgan fingerprint density at radius 3 is 2.70 bits per heavy atom. The molecule has 2 fully saturated rings. The molecule has 158 valence electrons. The second-order valence-electron chi connectivity index (χ2n) is 7.15. The second-order valence-corrected chi connectivity index (χ2v) is 8.13. The van der Waals surface area contributed by atoms with Crippen molar-refractivity contribution in [3.63, 3.8) is 0 Å². The monoisotopic (exact) mass is 430 g/mol. The van der Waals surface area contributed by atoms with E-state index in [4.69, 9.17) is 10.5 Å². The van der Waals surface area contributed by atoms with E-state index >= 15 is 0 Å². The Morgan fingerprint density at radius 1 is 1.27 bits per heavy atom. The largest absolute Gasteiger partial charge is 0.443 e. The number of benzene rings is 1. The highest BCUT2D eigenvalue weighted by atomic mass is 32.1. The van der Waals surface area contributed by atoms with E-state index in [1.165, 1.54) is 11.0 Å². The summed E-state index contributed by atoms with van der Waals surface area (Å²) in [5.41, 5.74) is 6.46. The first-order chi connectivity index (χ1) is 14.5. The highest BCUT2D eigenvalue weighted by Crippen LogP contribution is 2.28. The number of hydrogen-bond donors (Lipinski definition) is 1. The van der Waals surface area contributed by atoms with E-state index in [1.54, 1.807) is 34.4 Å². The Morgan fingerprint density at radius 2 is 2.07 bits per heavy atom. The summed E-state index contributed by atoms with van der Waals surface area (Å²) in [4.78, 5) is 30.4. The molecule has 1 unspecified atom stereocenters. The summed E-state index contributed by atoms with van der Waals surface area (Å²) in [6.07, 6.45) is 2.51. The Bertz CT molecular complexity index is 942. The van der Waals surface area contributed by atoms with Gasteiger partial charge in [-0.05, 0) is 35.7 Å². The fourth-order valence-electron chi connectivity index (χ4n) is 3.59. The van der Waals surface area contributed by atoms with Crippen LogP contribution < -0.4 is 15.5 Å². The summed E-state index contributed by atoms with van der Waals surface area (Å²) in [7, 11) is 0. The van der Waals surface area contributed by atoms with Crippen molar-refractivity contribution in [2.24, 2.45) is 5.73 Å². The van der Waals surface area contributed by atoms with Gasteiger partial charge in [0.25, 0.3) is 0 Å². The van der Waals surface area contributed by atoms with Gasteiger partial charge in [0, 0.05) is 43.7 Å². The number of nitrogens with two attached hydrogens (primary N) is 1. The van der Waals surface area contributed by atoms with E-state index in [-0.39, 0.29) is 18.6 Å². The van der Waals surface area contributed by atoms with Crippen LogP contribution in [0, 0.1) is 5.82 Å². The number of carbonyl (C=O) groups is 2. The predicted molar refractivity (Wildman–Crippen MR) is 115 cm³/mol. The van der Waals surface area contributed by atoms with Crippen molar-refractivity contribution in [2.45, 2.75) is 6.10 Å². The van der Waals surface area contributed by atoms with Crippen LogP contribution in [0.3, 0.4) is 0 Å². The van der Waals surface area contributed by atoms with Crippen molar-refractivity contribution in [2.75, 3.05) is 49.1 Å². The zero-order chi connectivity index (χ0) is 21.1. The van der Waals surface area contributed by atoms with Crippen molar-refractivity contribution in [3.05, 3.63) is 52.5 Å². The number of anilines is 2. The Labute approximate surface area is 178 Å². The molecule has 1 aromatic heterocycles. The van der Waals surface area contributed by atoms with Crippen molar-refractivity contribution in [1.29, 1.82) is 0 Å². The normalized spacial score (nSPS) is 19.6. The Kier molecular flexibility index (Phi) is 6.01. The molecule has 0 aliphatic carbocycles. The number of rotatable bonds is 5. The van der Waals surface area contributed by atoms with Crippen LogP contribution in [0.15, 0.2) is 41.8 Å². The molecule has 4 rings (SSSR count). The molecule has 9 heteroatoms. The van der Waals surface area contributed by atoms with Gasteiger partial charge in [-0.2, -0.15) is 0 Å². The predicted octanol–water partition coefficient (Wildman–Crippen LogP) is 2.53. The van der Waals surface area contributed by atoms with Crippen LogP contribution >= 0.6 is 11.3 Å². The van der Waals surface area contributed by atoms with Gasteiger partial charge in [0.15, 0.2) is 0 Å². The van der Waals surface area contributed by atoms with Crippen LogP contribution in [-0.4, -0.2) is 62.3 Å². The van der Waals surface area contributed by atoms with Crippen LogP contribution in [-0.2, 0) is 9.53 Å². The molecule has 1 atom stereocenters. The van der Waals surface area contributed by atoms with Gasteiger partial charge >= 0.3 is 6.09 Å². The lowest BCUT2D eigenvalue weighted by Crippen LogP contribution is -2.48. The highest BCUT2D eigenvalue weighted by molar-refractivity contribution is 7.10. The van der Waals surface area contributed by atoms with E-state index in [1.807, 2.05) is 28.5 Å². The van der Waals surface area contributed by atoms with Gasteiger partial charge in [0.05, 0.1) is 17.9 Å². The molecule has 0 spiro atoms. The first kappa shape index (κ1) is 20.4. The molecular formula is C21H23FN4O3S. The molecule has 3 heterocycles. The van der Waals surface area contributed by atoms with E-state index in [0.717, 1.165) is 4.88 Å². The maximum absolute atomic E-state index is 14.8. The van der Waals surface area contributed by atoms with E-state index in [9.17, 15) is 14.0 Å². The second kappa shape index (κ2) is 8.85. The van der Waals surface area contributed by atoms with Crippen LogP contribution in [0.2, 0.25) is 0 Å². The molecule has 0 saturated carbocycles. The topological polar surface area (TPSA) is 79.1 Å². The first-order valence-corrected chi connectivity index (χ1v) is 10.7. The summed E-state index contributed by atoms with van der Waals surface area (Å²) in [6.45, 7) is 2.66. The molecule has 30 heavy (non-hydrogen) atoms. The van der Waals surface area contributed by atoms with Gasteiger partial charge in [-0.3, -0.25) is 9.69 Å². The Balaban J connectivity index is 1.36. The average molecular weight is 431 g/mol. The molecule has 2 aliphatic rings. The smallest absolute Gasteiger partial charge is 0.414 e. The number of thiophene rings is 1. The molecule has 2 aromatic rings. The molecule has 1 aromatic carbocycles. The standard InChI is InChI=1S/C21H23FN4O3S/c22-18-12-15(26-14-16(13-23)29-21(26)28)3-5-19(18)24-7-9-25(10-8-24)20(27)6-4-17-2-1-11-30-17/h1-6,11-12,16H,7-10,13-14,23H2/b6-4+. The van der Waals surface area contributed by atoms with Gasteiger partial charge in [-0.25, -0.2) is 9.18 Å². The van der Waals surface area contributed by atoms with Crippen molar-refractivity contribution in [3.8, 4) is 0 Å². The fourth-order valence-corrected chi connectivity index (χ4v) is 4.21. The molecular weight excluding hydrogens is 407 g/mol. The lowest BCUT2D eigenvalue weighted by Gasteiger charge is -2.36. The van der Waals surface area contributed by atoms with Gasteiger partial charge in [-0.1, -0.05) is 6.07 Å². The van der Waals surface area contributed by atoms with Crippen LogP contribution in [0.1, 0.15) is 4.88 Å². The zero-order valence-electron chi connectivity index (χ0n) is 16.4. The average Bonchev–Trinajstić information content (AvgIpc) is 3.41. The van der Waals surface area contributed by atoms with Gasteiger partial charge in [0.2, 0.25) is 5.91 Å². The molecule has 0 radical (unpaired) electrons. The summed E-state index contributed by atoms with van der Waals surface area (Å²) >= 11 is 1.58. The number of nitrogens with zero attached hydrogens (tertiary/aromatic N) is 3. The Hall–Kier alpha value is -2.91. The zero-order valence-corrected chi connectivity index (χ0v) is 17.2. The lowest BCUT2D eigenvalue weighted by atomic mass is 10.2. The van der Waals surface area contributed by atoms with Gasteiger partial charge in [0.1, 0.15) is 11.9 Å². The number of carbonyl (C=O) groups excluding carboxylic acids is 2. The van der Waals surface area contributed by atoms with Crippen LogP contribution in [0.4, 0.5) is 20.6 Å². The van der Waals surface area contributed by atoms with E-state index < -0.39 is 11.9 Å². The third kappa shape index (κ3) is 4.31. The summed E-state index contributed by atoms with van der Waals surface area (Å²) in [5.74, 6) is -0.449. The maximum atomic E-state index is 14.8. The fraction of sp³-hybridized carbons (Fsp3) is 0.333. The third-order valence-electron chi connectivity index (χ3n) is 5.25. The number of ether oxygens (including phenoxy) is 1. The number of hydrogen-bond acceptors (Lipinski definition) is 6. The van der Waals surface area contributed by atoms with Crippen LogP contribution in [0.5, 0.6) is 0 Å². The minimum atomic E-state index is -0.514. The van der Waals surface area contributed by atoms with Crippen LogP contribution in [0.25, 0.3) is 6.08 Å². The number of cyclic esters (lactones) is 1. The summed E-state index contributed by atoms with van der Waals surface area (Å²) in [6, 6.07) is 8.62. The number of amides is 2. The lowest BCUT2D eigenvalue weighted by molar-refractivity contribution is -0.126. The number of piperazine rings is 1. The molecule has 7 nitrogen and oxygen atoms in total. The van der Waals surface area contributed by atoms with Gasteiger partial charge in [-0.15, -0.1) is 11.3 Å². The van der Waals surface area contributed by atoms with Crippen molar-refractivity contribution in [1.82, 2.24) is 4.90 Å². The van der Waals surface area contributed by atoms with Crippen molar-refractivity contribution >= 4 is 40.8 Å². The van der Waals surface area contributed by atoms with E-state index in [2.05, 4.69) is 0 Å². The minimum Gasteiger partial charge on any atom is -0.443 e. The highest BCUT2D eigenvalue weighted by Gasteiger charge is 2.32. The SMILES string of the molecule is NCC1CN(c2ccc(N3CCN(C(=O)/C=C/c4cccs4)CC3)c(F)c2)C(=O)O1. The minimum absolute atomic E-state index is 0.0409. The quantitative estimate of drug-likeness (QED) is 0.738. The first-order valence-electron chi connectivity index (χ1n) is 9.78. The molecule has 2 N–H and O–H groups in total.